The fraction of sp³-hybridized carbons (Fsp3) is 0.150. The van der Waals surface area contributed by atoms with E-state index in [4.69, 9.17) is 0 Å². The molecule has 0 aliphatic carbocycles. The number of aromatic nitrogens is 1. The zero-order chi connectivity index (χ0) is 15.8. The van der Waals surface area contributed by atoms with Crippen molar-refractivity contribution in [3.05, 3.63) is 86.6 Å². The number of pyridine rings is 1. The summed E-state index contributed by atoms with van der Waals surface area (Å²) in [5.41, 5.74) is 2.00. The van der Waals surface area contributed by atoms with Crippen molar-refractivity contribution in [1.29, 1.82) is 0 Å². The summed E-state index contributed by atoms with van der Waals surface area (Å²) in [5, 5.41) is 1.37. The van der Waals surface area contributed by atoms with E-state index in [1.807, 2.05) is 48.7 Å². The second kappa shape index (κ2) is 9.73. The van der Waals surface area contributed by atoms with Gasteiger partial charge in [0.25, 0.3) is 0 Å². The molecule has 0 saturated heterocycles. The zero-order valence-electron chi connectivity index (χ0n) is 13.2. The number of rotatable bonds is 8. The van der Waals surface area contributed by atoms with Crippen LogP contribution in [0.1, 0.15) is 0 Å². The Hall–Kier alpha value is -1.33. The van der Waals surface area contributed by atoms with Gasteiger partial charge in [-0.05, 0) is 11.8 Å². The molecule has 0 atom stereocenters. The first kappa shape index (κ1) is 19.7. The average molecular weight is 500 g/mol. The van der Waals surface area contributed by atoms with Crippen LogP contribution >= 0.6 is 7.26 Å². The second-order valence-electron chi connectivity index (χ2n) is 5.23. The van der Waals surface area contributed by atoms with Crippen molar-refractivity contribution in [2.24, 2.45) is 0 Å². The van der Waals surface area contributed by atoms with Crippen LogP contribution in [0.5, 0.6) is 0 Å². The largest absolute Gasteiger partial charge is 0.305 e. The first-order valence-electron chi connectivity index (χ1n) is 7.38. The van der Waals surface area contributed by atoms with Crippen LogP contribution in [-0.2, 0) is 20.1 Å². The van der Waals surface area contributed by atoms with Crippen LogP contribution in [-0.4, -0.2) is 23.5 Å². The summed E-state index contributed by atoms with van der Waals surface area (Å²) in [7, 11) is -1.40. The zero-order valence-corrected chi connectivity index (χ0v) is 16.5. The minimum absolute atomic E-state index is 0. The van der Waals surface area contributed by atoms with Crippen molar-refractivity contribution in [1.82, 2.24) is 4.98 Å². The van der Waals surface area contributed by atoms with E-state index in [0.717, 1.165) is 29.7 Å². The number of hydrogen-bond donors (Lipinski definition) is 0. The van der Waals surface area contributed by atoms with Crippen LogP contribution in [0, 0.1) is 6.07 Å². The normalized spacial score (nSPS) is 10.4. The van der Waals surface area contributed by atoms with E-state index < -0.39 is 7.26 Å². The predicted molar refractivity (Wildman–Crippen MR) is 100 cm³/mol. The van der Waals surface area contributed by atoms with Crippen LogP contribution in [0.4, 0.5) is 0 Å². The van der Waals surface area contributed by atoms with Gasteiger partial charge in [-0.3, -0.25) is 0 Å². The third kappa shape index (κ3) is 4.82. The van der Waals surface area contributed by atoms with Crippen molar-refractivity contribution in [3.8, 4) is 11.3 Å². The summed E-state index contributed by atoms with van der Waals surface area (Å²) >= 11 is 0. The van der Waals surface area contributed by atoms with Crippen LogP contribution in [0.3, 0.4) is 0 Å². The third-order valence-corrected chi connectivity index (χ3v) is 7.95. The topological polar surface area (TPSA) is 12.9 Å². The van der Waals surface area contributed by atoms with Gasteiger partial charge in [0.2, 0.25) is 0 Å². The maximum absolute atomic E-state index is 4.43. The van der Waals surface area contributed by atoms with Gasteiger partial charge in [0.15, 0.2) is 0 Å². The molecule has 0 saturated carbocycles. The van der Waals surface area contributed by atoms with Gasteiger partial charge in [0.1, 0.15) is 0 Å². The SMILES string of the molecule is C=CC[P+](CC=C)(CC=C)c1cc[c-]c(-c2ccccn2)c1.[Ir]. The summed E-state index contributed by atoms with van der Waals surface area (Å²) in [4.78, 5) is 4.43. The standard InChI is InChI=1S/C20H22NP.Ir/c1-4-14-22(15-5-2,16-6-3)19-11-9-10-18(17-19)20-12-7-8-13-21-20;/h4-9,11-13,17H,1-3,14-16H2;. The fourth-order valence-corrected chi connectivity index (χ4v) is 6.06. The summed E-state index contributed by atoms with van der Waals surface area (Å²) in [5.74, 6) is 0. The molecule has 23 heavy (non-hydrogen) atoms. The first-order chi connectivity index (χ1) is 10.8. The maximum atomic E-state index is 4.43. The minimum Gasteiger partial charge on any atom is -0.305 e. The second-order valence-corrected chi connectivity index (χ2v) is 9.14. The quantitative estimate of drug-likeness (QED) is 0.290. The van der Waals surface area contributed by atoms with E-state index in [1.54, 1.807) is 0 Å². The van der Waals surface area contributed by atoms with Gasteiger partial charge in [-0.2, -0.15) is 0 Å². The molecule has 121 valence electrons. The molecule has 2 aromatic rings. The summed E-state index contributed by atoms with van der Waals surface area (Å²) in [6.07, 6.45) is 10.9. The molecule has 0 unspecified atom stereocenters. The van der Waals surface area contributed by atoms with Crippen molar-refractivity contribution in [3.63, 3.8) is 0 Å². The Kier molecular flexibility index (Phi) is 8.34. The van der Waals surface area contributed by atoms with Crippen LogP contribution < -0.4 is 5.30 Å². The molecule has 1 nitrogen and oxygen atoms in total. The van der Waals surface area contributed by atoms with Gasteiger partial charge < -0.3 is 4.98 Å². The van der Waals surface area contributed by atoms with E-state index in [2.05, 4.69) is 42.9 Å². The Morgan fingerprint density at radius 2 is 1.65 bits per heavy atom. The van der Waals surface area contributed by atoms with E-state index >= 15 is 0 Å². The summed E-state index contributed by atoms with van der Waals surface area (Å²) < 4.78 is 0. The number of nitrogens with zero attached hydrogens (tertiary/aromatic N) is 1. The Labute approximate surface area is 153 Å². The van der Waals surface area contributed by atoms with Crippen LogP contribution in [0.25, 0.3) is 11.3 Å². The monoisotopic (exact) mass is 500 g/mol. The Bertz CT molecular complexity index is 625. The Morgan fingerprint density at radius 3 is 2.17 bits per heavy atom. The molecule has 0 fully saturated rings. The Morgan fingerprint density at radius 1 is 1.00 bits per heavy atom. The third-order valence-electron chi connectivity index (χ3n) is 3.71. The molecule has 3 heteroatoms. The van der Waals surface area contributed by atoms with Gasteiger partial charge in [-0.15, -0.1) is 29.8 Å². The number of allylic oxidation sites excluding steroid dienone is 3. The summed E-state index contributed by atoms with van der Waals surface area (Å²) in [6.45, 7) is 11.9. The van der Waals surface area contributed by atoms with Gasteiger partial charge in [0, 0.05) is 38.9 Å². The van der Waals surface area contributed by atoms with E-state index in [1.165, 1.54) is 5.30 Å². The first-order valence-corrected chi connectivity index (χ1v) is 9.72. The van der Waals surface area contributed by atoms with Crippen LogP contribution in [0.15, 0.2) is 80.6 Å². The van der Waals surface area contributed by atoms with Crippen LogP contribution in [0.2, 0.25) is 0 Å². The molecule has 0 spiro atoms. The fourth-order valence-electron chi connectivity index (χ4n) is 2.70. The Balaban J connectivity index is 0.00000264. The molecule has 0 bridgehead atoms. The van der Waals surface area contributed by atoms with Crippen molar-refractivity contribution in [2.75, 3.05) is 18.5 Å². The number of hydrogen-bond acceptors (Lipinski definition) is 1. The maximum Gasteiger partial charge on any atom is 0.0808 e. The van der Waals surface area contributed by atoms with E-state index in [0.29, 0.717) is 0 Å². The molecule has 0 aliphatic rings. The molecular weight excluding hydrogens is 477 g/mol. The van der Waals surface area contributed by atoms with E-state index in [9.17, 15) is 0 Å². The van der Waals surface area contributed by atoms with E-state index in [-0.39, 0.29) is 20.1 Å². The molecule has 1 aromatic heterocycles. The van der Waals surface area contributed by atoms with Gasteiger partial charge in [0.05, 0.1) is 18.5 Å². The van der Waals surface area contributed by atoms with Crippen molar-refractivity contribution in [2.45, 2.75) is 0 Å². The molecule has 0 amide bonds. The average Bonchev–Trinajstić information content (AvgIpc) is 2.56. The molecular formula is C20H22IrNP. The van der Waals surface area contributed by atoms with Crippen molar-refractivity contribution >= 4 is 12.6 Å². The molecule has 0 N–H and O–H groups in total. The summed E-state index contributed by atoms with van der Waals surface area (Å²) in [6, 6.07) is 15.7. The molecule has 1 aromatic carbocycles. The van der Waals surface area contributed by atoms with Gasteiger partial charge in [-0.1, -0.05) is 50.1 Å². The molecule has 1 radical (unpaired) electrons. The van der Waals surface area contributed by atoms with Gasteiger partial charge >= 0.3 is 0 Å². The van der Waals surface area contributed by atoms with Gasteiger partial charge in [-0.25, -0.2) is 0 Å². The predicted octanol–water partition coefficient (Wildman–Crippen LogP) is 4.75. The van der Waals surface area contributed by atoms with Crippen molar-refractivity contribution < 1.29 is 20.1 Å². The molecule has 2 rings (SSSR count). The number of benzene rings is 1. The smallest absolute Gasteiger partial charge is 0.0808 e. The molecule has 0 aliphatic heterocycles. The molecule has 1 heterocycles. The minimum atomic E-state index is -1.40.